The number of likely N-dealkylation sites (N-methyl/N-ethyl adjacent to an activating group) is 1. The maximum Gasteiger partial charge on any atom is 0.318 e. The second-order valence-corrected chi connectivity index (χ2v) is 23.4. The minimum Gasteiger partial charge on any atom is -0.495 e. The SMILES string of the molecule is C=C(F)C(=O)N1CCN(c2nc(OC[C@@H]3CCCN3CCCN3CCN(CCNC(=O)c4ccc(Nc5ncc6c(n5)N(C5CCCC5)[C@H](CC)C(=O)N6C)c(OC)c4)CC3)nc3c2CCN(c2cccc4cccc(Cl)c24)C3)C[C@@H]1CC#N. The van der Waals surface area contributed by atoms with Gasteiger partial charge in [0.15, 0.2) is 11.6 Å². The number of hydrogen-bond donors (Lipinski definition) is 2. The zero-order valence-corrected chi connectivity index (χ0v) is 49.3. The van der Waals surface area contributed by atoms with Gasteiger partial charge in [-0.2, -0.15) is 20.2 Å². The van der Waals surface area contributed by atoms with Crippen LogP contribution in [0.1, 0.15) is 86.3 Å². The van der Waals surface area contributed by atoms with E-state index < -0.39 is 17.8 Å². The molecule has 1 aliphatic carbocycles. The van der Waals surface area contributed by atoms with E-state index in [4.69, 9.17) is 36.0 Å². The Morgan fingerprint density at radius 3 is 2.43 bits per heavy atom. The van der Waals surface area contributed by atoms with Gasteiger partial charge in [0.1, 0.15) is 29.9 Å². The van der Waals surface area contributed by atoms with Crippen LogP contribution in [0.2, 0.25) is 5.02 Å². The van der Waals surface area contributed by atoms with Gasteiger partial charge < -0.3 is 49.5 Å². The van der Waals surface area contributed by atoms with Crippen LogP contribution in [0, 0.1) is 11.3 Å². The molecule has 4 fully saturated rings. The summed E-state index contributed by atoms with van der Waals surface area (Å²) in [7, 11) is 3.37. The van der Waals surface area contributed by atoms with Gasteiger partial charge in [0.25, 0.3) is 11.8 Å². The number of anilines is 6. The van der Waals surface area contributed by atoms with E-state index in [0.29, 0.717) is 91.8 Å². The summed E-state index contributed by atoms with van der Waals surface area (Å²) in [6.45, 7) is 15.9. The third-order valence-corrected chi connectivity index (χ3v) is 18.2. The largest absolute Gasteiger partial charge is 0.495 e. The Morgan fingerprint density at radius 1 is 0.881 bits per heavy atom. The number of nitrogens with zero attached hydrogens (tertiary/aromatic N) is 13. The minimum absolute atomic E-state index is 0.0463. The molecule has 5 aromatic rings. The molecule has 3 saturated heterocycles. The zero-order chi connectivity index (χ0) is 58.4. The van der Waals surface area contributed by atoms with Gasteiger partial charge in [0.05, 0.1) is 54.8 Å². The number of hydrogen-bond acceptors (Lipinski definition) is 17. The maximum atomic E-state index is 14.2. The highest BCUT2D eigenvalue weighted by Gasteiger charge is 2.42. The number of fused-ring (bicyclic) bond motifs is 3. The molecule has 2 aromatic heterocycles. The summed E-state index contributed by atoms with van der Waals surface area (Å²) in [4.78, 5) is 76.6. The summed E-state index contributed by atoms with van der Waals surface area (Å²) in [6.07, 6.45) is 10.6. The fourth-order valence-corrected chi connectivity index (χ4v) is 13.7. The smallest absolute Gasteiger partial charge is 0.318 e. The lowest BCUT2D eigenvalue weighted by Crippen LogP contribution is -2.55. The molecule has 0 spiro atoms. The van der Waals surface area contributed by atoms with Crippen LogP contribution in [-0.4, -0.2) is 187 Å². The highest BCUT2D eigenvalue weighted by Crippen LogP contribution is 2.42. The van der Waals surface area contributed by atoms with Gasteiger partial charge in [-0.15, -0.1) is 0 Å². The quantitative estimate of drug-likeness (QED) is 0.0723. The summed E-state index contributed by atoms with van der Waals surface area (Å²) in [5.41, 5.74) is 4.71. The Hall–Kier alpha value is -7.38. The number of nitriles is 1. The first-order valence-electron chi connectivity index (χ1n) is 30.0. The molecule has 22 heteroatoms. The molecule has 84 heavy (non-hydrogen) atoms. The normalized spacial score (nSPS) is 20.7. The predicted molar refractivity (Wildman–Crippen MR) is 324 cm³/mol. The van der Waals surface area contributed by atoms with Crippen molar-refractivity contribution in [1.82, 2.24) is 44.9 Å². The second-order valence-electron chi connectivity index (χ2n) is 23.0. The van der Waals surface area contributed by atoms with Crippen LogP contribution >= 0.6 is 11.6 Å². The number of rotatable bonds is 20. The Balaban J connectivity index is 0.656. The van der Waals surface area contributed by atoms with Crippen LogP contribution in [0.25, 0.3) is 10.8 Å². The molecule has 3 amide bonds. The van der Waals surface area contributed by atoms with E-state index in [0.717, 1.165) is 137 Å². The number of amides is 3. The molecular formula is C62H77ClFN15O5. The van der Waals surface area contributed by atoms with E-state index in [1.807, 2.05) is 18.2 Å². The molecule has 6 aliphatic rings. The van der Waals surface area contributed by atoms with Crippen molar-refractivity contribution in [2.24, 2.45) is 0 Å². The van der Waals surface area contributed by atoms with Gasteiger partial charge in [0, 0.05) is 107 Å². The van der Waals surface area contributed by atoms with Crippen LogP contribution in [0.4, 0.5) is 39.0 Å². The summed E-state index contributed by atoms with van der Waals surface area (Å²) < 4.78 is 26.5. The van der Waals surface area contributed by atoms with Crippen LogP contribution in [0.15, 0.2) is 73.2 Å². The zero-order valence-electron chi connectivity index (χ0n) is 48.6. The average Bonchev–Trinajstić information content (AvgIpc) is 1.73. The van der Waals surface area contributed by atoms with E-state index in [-0.39, 0.29) is 42.9 Å². The van der Waals surface area contributed by atoms with Crippen LogP contribution in [0.3, 0.4) is 0 Å². The van der Waals surface area contributed by atoms with Gasteiger partial charge in [0.2, 0.25) is 11.9 Å². The molecule has 3 aromatic carbocycles. The third-order valence-electron chi connectivity index (χ3n) is 17.9. The van der Waals surface area contributed by atoms with E-state index in [1.54, 1.807) is 37.4 Å². The summed E-state index contributed by atoms with van der Waals surface area (Å²) >= 11 is 6.82. The number of ether oxygens (including phenoxy) is 2. The lowest BCUT2D eigenvalue weighted by molar-refractivity contribution is -0.131. The third kappa shape index (κ3) is 12.5. The number of methoxy groups -OCH3 is 1. The predicted octanol–water partition coefficient (Wildman–Crippen LogP) is 7.59. The molecule has 1 saturated carbocycles. The number of likely N-dealkylation sites (tertiary alicyclic amines) is 1. The van der Waals surface area contributed by atoms with Crippen molar-refractivity contribution in [3.63, 3.8) is 0 Å². The number of benzene rings is 3. The van der Waals surface area contributed by atoms with Crippen molar-refractivity contribution in [2.75, 3.05) is 131 Å². The van der Waals surface area contributed by atoms with Crippen LogP contribution < -0.4 is 39.7 Å². The lowest BCUT2D eigenvalue weighted by Gasteiger charge is -2.43. The van der Waals surface area contributed by atoms with Crippen molar-refractivity contribution in [1.29, 1.82) is 5.26 Å². The van der Waals surface area contributed by atoms with Gasteiger partial charge in [-0.25, -0.2) is 9.37 Å². The van der Waals surface area contributed by atoms with E-state index in [9.17, 15) is 24.0 Å². The fraction of sp³-hybridized carbons (Fsp3) is 0.516. The van der Waals surface area contributed by atoms with Crippen molar-refractivity contribution in [2.45, 2.75) is 102 Å². The molecule has 2 N–H and O–H groups in total. The first-order chi connectivity index (χ1) is 40.9. The van der Waals surface area contributed by atoms with Gasteiger partial charge in [-0.1, -0.05) is 62.2 Å². The standard InChI is InChI=1S/C62H77ClFN15O5/c1-5-51-60(82)72(3)53-37-67-61(70-57(53)79(51)44-14-6-7-15-44)68-49-20-19-43(36-54(49)83-4)58(80)66-24-29-74-32-30-73(31-33-74)25-11-27-75-26-10-16-46(75)40-84-62-69-50-39-76(52-18-9-13-42-12-8-17-48(63)55(42)52)28-22-47(50)56(71-62)77-34-35-78(59(81)41(2)64)45(38-77)21-23-65/h8-9,12-13,17-20,36-37,44-46,51H,2,5-7,10-11,14-16,21-22,24-35,38-40H2,1,3-4H3,(H,66,80)(H,67,68,70)/t45-,46-,51+/m0/s1. The lowest BCUT2D eigenvalue weighted by atomic mass is 10.0. The Bertz CT molecular complexity index is 3270. The van der Waals surface area contributed by atoms with Crippen molar-refractivity contribution in [3.05, 3.63) is 95.0 Å². The number of piperazine rings is 2. The molecule has 7 heterocycles. The first-order valence-corrected chi connectivity index (χ1v) is 30.3. The van der Waals surface area contributed by atoms with Crippen LogP contribution in [-0.2, 0) is 22.6 Å². The monoisotopic (exact) mass is 1170 g/mol. The van der Waals surface area contributed by atoms with Crippen molar-refractivity contribution < 1.29 is 28.2 Å². The van der Waals surface area contributed by atoms with Gasteiger partial charge in [-0.3, -0.25) is 24.2 Å². The van der Waals surface area contributed by atoms with Crippen molar-refractivity contribution >= 4 is 74.7 Å². The fourth-order valence-electron chi connectivity index (χ4n) is 13.4. The number of carbonyl (C=O) groups is 3. The molecule has 444 valence electrons. The average molecular weight is 1170 g/mol. The maximum absolute atomic E-state index is 14.2. The first kappa shape index (κ1) is 58.4. The second kappa shape index (κ2) is 26.3. The summed E-state index contributed by atoms with van der Waals surface area (Å²) in [5, 5.41) is 18.9. The topological polar surface area (TPSA) is 195 Å². The van der Waals surface area contributed by atoms with E-state index in [1.165, 1.54) is 4.90 Å². The van der Waals surface area contributed by atoms with Crippen molar-refractivity contribution in [3.8, 4) is 17.8 Å². The molecule has 3 atom stereocenters. The van der Waals surface area contributed by atoms with E-state index in [2.05, 4.69) is 88.9 Å². The molecule has 0 radical (unpaired) electrons. The van der Waals surface area contributed by atoms with E-state index >= 15 is 0 Å². The molecular weight excluding hydrogens is 1090 g/mol. The highest BCUT2D eigenvalue weighted by atomic mass is 35.5. The number of aromatic nitrogens is 4. The Labute approximate surface area is 496 Å². The molecule has 11 rings (SSSR count). The summed E-state index contributed by atoms with van der Waals surface area (Å²) in [5.74, 6) is 0.451. The Kier molecular flexibility index (Phi) is 18.3. The number of carbonyl (C=O) groups excluding carboxylic acids is 3. The highest BCUT2D eigenvalue weighted by molar-refractivity contribution is 6.36. The summed E-state index contributed by atoms with van der Waals surface area (Å²) in [6, 6.07) is 19.6. The molecule has 5 aliphatic heterocycles. The van der Waals surface area contributed by atoms with Crippen LogP contribution in [0.5, 0.6) is 11.8 Å². The van der Waals surface area contributed by atoms with Gasteiger partial charge >= 0.3 is 6.01 Å². The number of halogens is 2. The molecule has 0 bridgehead atoms. The number of nitrogens with one attached hydrogen (secondary N) is 2. The molecule has 20 nitrogen and oxygen atoms in total. The Morgan fingerprint density at radius 2 is 1.67 bits per heavy atom. The minimum atomic E-state index is -1.03. The molecule has 0 unspecified atom stereocenters. The van der Waals surface area contributed by atoms with Gasteiger partial charge in [-0.05, 0) is 100 Å².